The molecule has 0 radical (unpaired) electrons. The summed E-state index contributed by atoms with van der Waals surface area (Å²) >= 11 is 0. The third-order valence-corrected chi connectivity index (χ3v) is 5.70. The van der Waals surface area contributed by atoms with E-state index in [0.29, 0.717) is 26.0 Å². The number of ether oxygens (including phenoxy) is 2. The number of hydrazone groups is 1. The molecule has 0 saturated carbocycles. The van der Waals surface area contributed by atoms with Gasteiger partial charge in [-0.15, -0.1) is 0 Å². The van der Waals surface area contributed by atoms with Gasteiger partial charge in [0.25, 0.3) is 5.91 Å². The monoisotopic (exact) mass is 465 g/mol. The Labute approximate surface area is 202 Å². The van der Waals surface area contributed by atoms with Crippen LogP contribution in [0.25, 0.3) is 0 Å². The lowest BCUT2D eigenvalue weighted by Crippen LogP contribution is -2.43. The van der Waals surface area contributed by atoms with Crippen molar-refractivity contribution in [2.45, 2.75) is 39.7 Å². The average molecular weight is 466 g/mol. The summed E-state index contributed by atoms with van der Waals surface area (Å²) in [6.07, 6.45) is 0.947. The number of hydrogen-bond donors (Lipinski definition) is 0. The predicted octanol–water partition coefficient (Wildman–Crippen LogP) is 4.28. The van der Waals surface area contributed by atoms with Crippen molar-refractivity contribution in [1.82, 2.24) is 9.91 Å². The fraction of sp³-hybridized carbons (Fsp3) is 0.444. The zero-order chi connectivity index (χ0) is 24.7. The van der Waals surface area contributed by atoms with Gasteiger partial charge in [-0.2, -0.15) is 5.10 Å². The smallest absolute Gasteiger partial charge is 0.262 e. The Morgan fingerprint density at radius 2 is 1.74 bits per heavy atom. The Kier molecular flexibility index (Phi) is 8.45. The van der Waals surface area contributed by atoms with Gasteiger partial charge in [0.05, 0.1) is 25.5 Å². The van der Waals surface area contributed by atoms with Crippen LogP contribution in [-0.4, -0.2) is 61.4 Å². The lowest BCUT2D eigenvalue weighted by Gasteiger charge is -2.29. The number of rotatable bonds is 9. The molecule has 0 spiro atoms. The highest BCUT2D eigenvalue weighted by atomic mass is 16.5. The van der Waals surface area contributed by atoms with Crippen LogP contribution in [0.5, 0.6) is 5.75 Å². The summed E-state index contributed by atoms with van der Waals surface area (Å²) < 4.78 is 10.4. The van der Waals surface area contributed by atoms with Gasteiger partial charge in [-0.25, -0.2) is 5.01 Å². The fourth-order valence-corrected chi connectivity index (χ4v) is 3.93. The van der Waals surface area contributed by atoms with Crippen LogP contribution >= 0.6 is 0 Å². The van der Waals surface area contributed by atoms with Crippen molar-refractivity contribution in [1.29, 1.82) is 0 Å². The second-order valence-electron chi connectivity index (χ2n) is 9.69. The molecular formula is C27H35N3O4. The van der Waals surface area contributed by atoms with E-state index >= 15 is 0 Å². The molecule has 182 valence electrons. The maximum Gasteiger partial charge on any atom is 0.262 e. The average Bonchev–Trinajstić information content (AvgIpc) is 3.27. The highest BCUT2D eigenvalue weighted by Gasteiger charge is 2.34. The molecule has 0 bridgehead atoms. The van der Waals surface area contributed by atoms with E-state index in [1.54, 1.807) is 24.1 Å². The van der Waals surface area contributed by atoms with E-state index in [2.05, 4.69) is 0 Å². The number of amides is 2. The molecule has 0 N–H and O–H groups in total. The summed E-state index contributed by atoms with van der Waals surface area (Å²) in [6, 6.07) is 17.3. The summed E-state index contributed by atoms with van der Waals surface area (Å²) in [4.78, 5) is 28.1. The zero-order valence-electron chi connectivity index (χ0n) is 20.8. The Morgan fingerprint density at radius 3 is 2.32 bits per heavy atom. The van der Waals surface area contributed by atoms with Gasteiger partial charge in [0, 0.05) is 26.5 Å². The Balaban J connectivity index is 1.86. The minimum Gasteiger partial charge on any atom is -0.497 e. The van der Waals surface area contributed by atoms with Crippen LogP contribution in [0.2, 0.25) is 0 Å². The van der Waals surface area contributed by atoms with Crippen molar-refractivity contribution in [3.8, 4) is 5.75 Å². The molecule has 1 aliphatic rings. The van der Waals surface area contributed by atoms with Gasteiger partial charge >= 0.3 is 0 Å². The van der Waals surface area contributed by atoms with Crippen LogP contribution in [0, 0.1) is 5.41 Å². The van der Waals surface area contributed by atoms with Crippen molar-refractivity contribution in [2.24, 2.45) is 10.5 Å². The van der Waals surface area contributed by atoms with Gasteiger partial charge in [0.2, 0.25) is 5.91 Å². The minimum absolute atomic E-state index is 0.0407. The third kappa shape index (κ3) is 6.67. The lowest BCUT2D eigenvalue weighted by molar-refractivity contribution is -0.143. The Bertz CT molecular complexity index is 997. The number of nitrogens with zero attached hydrogens (tertiary/aromatic N) is 3. The molecule has 2 amide bonds. The molecule has 1 aliphatic heterocycles. The molecule has 7 heteroatoms. The minimum atomic E-state index is -0.229. The SMILES string of the molecule is COCCN(CC(=O)N1N=C(c2ccc(OC)cc2)CC1c1ccccc1)C(=O)CC(C)(C)C. The van der Waals surface area contributed by atoms with Crippen LogP contribution in [0.1, 0.15) is 50.8 Å². The second-order valence-corrected chi connectivity index (χ2v) is 9.69. The molecular weight excluding hydrogens is 430 g/mol. The lowest BCUT2D eigenvalue weighted by atomic mass is 9.91. The van der Waals surface area contributed by atoms with Crippen LogP contribution in [-0.2, 0) is 14.3 Å². The van der Waals surface area contributed by atoms with E-state index in [0.717, 1.165) is 22.6 Å². The van der Waals surface area contributed by atoms with Crippen molar-refractivity contribution >= 4 is 17.5 Å². The van der Waals surface area contributed by atoms with Gasteiger partial charge < -0.3 is 14.4 Å². The van der Waals surface area contributed by atoms with E-state index in [4.69, 9.17) is 14.6 Å². The molecule has 3 rings (SSSR count). The van der Waals surface area contributed by atoms with Gasteiger partial charge in [0.1, 0.15) is 12.3 Å². The normalized spacial score (nSPS) is 15.7. The number of hydrogen-bond acceptors (Lipinski definition) is 5. The first-order valence-electron chi connectivity index (χ1n) is 11.6. The summed E-state index contributed by atoms with van der Waals surface area (Å²) in [5.74, 6) is 0.490. The number of carbonyl (C=O) groups excluding carboxylic acids is 2. The number of benzene rings is 2. The summed E-state index contributed by atoms with van der Waals surface area (Å²) in [6.45, 7) is 6.72. The van der Waals surface area contributed by atoms with E-state index in [1.807, 2.05) is 75.4 Å². The molecule has 0 aromatic heterocycles. The largest absolute Gasteiger partial charge is 0.497 e. The molecule has 2 aromatic rings. The first kappa shape index (κ1) is 25.4. The molecule has 2 aromatic carbocycles. The number of methoxy groups -OCH3 is 2. The van der Waals surface area contributed by atoms with Crippen molar-refractivity contribution < 1.29 is 19.1 Å². The van der Waals surface area contributed by atoms with Crippen molar-refractivity contribution in [3.05, 3.63) is 65.7 Å². The molecule has 7 nitrogen and oxygen atoms in total. The van der Waals surface area contributed by atoms with Gasteiger partial charge in [-0.05, 0) is 40.8 Å². The quantitative estimate of drug-likeness (QED) is 0.554. The second kappa shape index (κ2) is 11.3. The molecule has 1 heterocycles. The molecule has 34 heavy (non-hydrogen) atoms. The summed E-state index contributed by atoms with van der Waals surface area (Å²) in [7, 11) is 3.22. The van der Waals surface area contributed by atoms with Crippen molar-refractivity contribution in [2.75, 3.05) is 33.9 Å². The topological polar surface area (TPSA) is 71.4 Å². The molecule has 1 atom stereocenters. The summed E-state index contributed by atoms with van der Waals surface area (Å²) in [5, 5.41) is 6.27. The van der Waals surface area contributed by atoms with Crippen LogP contribution in [0.15, 0.2) is 59.7 Å². The third-order valence-electron chi connectivity index (χ3n) is 5.70. The highest BCUT2D eigenvalue weighted by molar-refractivity contribution is 6.03. The highest BCUT2D eigenvalue weighted by Crippen LogP contribution is 2.33. The fourth-order valence-electron chi connectivity index (χ4n) is 3.93. The van der Waals surface area contributed by atoms with Crippen LogP contribution in [0.3, 0.4) is 0 Å². The van der Waals surface area contributed by atoms with E-state index < -0.39 is 0 Å². The van der Waals surface area contributed by atoms with E-state index in [9.17, 15) is 9.59 Å². The van der Waals surface area contributed by atoms with E-state index in [1.165, 1.54) is 0 Å². The molecule has 1 unspecified atom stereocenters. The first-order valence-corrected chi connectivity index (χ1v) is 11.6. The van der Waals surface area contributed by atoms with Crippen molar-refractivity contribution in [3.63, 3.8) is 0 Å². The van der Waals surface area contributed by atoms with E-state index in [-0.39, 0.29) is 29.8 Å². The van der Waals surface area contributed by atoms with Crippen LogP contribution < -0.4 is 4.74 Å². The van der Waals surface area contributed by atoms with Crippen LogP contribution in [0.4, 0.5) is 0 Å². The Morgan fingerprint density at radius 1 is 1.06 bits per heavy atom. The standard InChI is InChI=1S/C27H35N3O4/c1-27(2,3)18-25(31)29(15-16-33-4)19-26(32)30-24(21-9-7-6-8-10-21)17-23(28-30)20-11-13-22(34-5)14-12-20/h6-14,24H,15-19H2,1-5H3. The first-order chi connectivity index (χ1) is 16.2. The Hall–Kier alpha value is -3.19. The summed E-state index contributed by atoms with van der Waals surface area (Å²) in [5.41, 5.74) is 2.60. The van der Waals surface area contributed by atoms with Gasteiger partial charge in [0.15, 0.2) is 0 Å². The predicted molar refractivity (Wildman–Crippen MR) is 133 cm³/mol. The maximum absolute atomic E-state index is 13.5. The van der Waals surface area contributed by atoms with Gasteiger partial charge in [-0.1, -0.05) is 51.1 Å². The maximum atomic E-state index is 13.5. The molecule has 0 saturated heterocycles. The molecule has 0 aliphatic carbocycles. The van der Waals surface area contributed by atoms with Gasteiger partial charge in [-0.3, -0.25) is 9.59 Å². The zero-order valence-corrected chi connectivity index (χ0v) is 20.8. The molecule has 0 fully saturated rings. The number of carbonyl (C=O) groups is 2.